The minimum absolute atomic E-state index is 0.0307. The predicted octanol–water partition coefficient (Wildman–Crippen LogP) is 5.05. The van der Waals surface area contributed by atoms with Crippen molar-refractivity contribution >= 4 is 23.2 Å². The molecule has 42 heavy (non-hydrogen) atoms. The van der Waals surface area contributed by atoms with Crippen LogP contribution in [0.15, 0.2) is 30.6 Å². The van der Waals surface area contributed by atoms with E-state index in [2.05, 4.69) is 35.1 Å². The van der Waals surface area contributed by atoms with Gasteiger partial charge >= 0.3 is 12.1 Å². The monoisotopic (exact) mass is 575 g/mol. The summed E-state index contributed by atoms with van der Waals surface area (Å²) in [5, 5.41) is 1.08. The number of ether oxygens (including phenoxy) is 3. The molecule has 0 aliphatic carbocycles. The van der Waals surface area contributed by atoms with Gasteiger partial charge in [0.25, 0.3) is 0 Å². The molecule has 3 aromatic rings. The quantitative estimate of drug-likeness (QED) is 0.459. The third-order valence-electron chi connectivity index (χ3n) is 8.45. The summed E-state index contributed by atoms with van der Waals surface area (Å²) < 4.78 is 17.4. The normalized spacial score (nSPS) is 21.4. The first-order chi connectivity index (χ1) is 20.1. The average molecular weight is 576 g/mol. The Morgan fingerprint density at radius 3 is 2.55 bits per heavy atom. The maximum Gasteiger partial charge on any atom is 0.410 e. The highest BCUT2D eigenvalue weighted by atomic mass is 16.6. The maximum absolute atomic E-state index is 13.7. The predicted molar refractivity (Wildman–Crippen MR) is 159 cm³/mol. The number of aromatic nitrogens is 2. The molecule has 1 aromatic carbocycles. The summed E-state index contributed by atoms with van der Waals surface area (Å²) >= 11 is 0. The molecule has 2 aromatic heterocycles. The van der Waals surface area contributed by atoms with Crippen molar-refractivity contribution in [2.45, 2.75) is 65.3 Å². The number of urea groups is 1. The van der Waals surface area contributed by atoms with Crippen molar-refractivity contribution in [1.29, 1.82) is 0 Å². The van der Waals surface area contributed by atoms with Gasteiger partial charge in [-0.05, 0) is 81.0 Å². The van der Waals surface area contributed by atoms with Crippen LogP contribution < -0.4 is 0 Å². The lowest BCUT2D eigenvalue weighted by molar-refractivity contribution is -0.0334. The van der Waals surface area contributed by atoms with Gasteiger partial charge < -0.3 is 29.0 Å². The molecule has 224 valence electrons. The van der Waals surface area contributed by atoms with E-state index in [1.54, 1.807) is 4.90 Å². The number of nitrogens with zero attached hydrogens (tertiary/aromatic N) is 4. The van der Waals surface area contributed by atoms with E-state index < -0.39 is 5.60 Å². The molecular weight excluding hydrogens is 534 g/mol. The maximum atomic E-state index is 13.7. The second kappa shape index (κ2) is 11.2. The van der Waals surface area contributed by atoms with Crippen LogP contribution >= 0.6 is 0 Å². The van der Waals surface area contributed by atoms with Gasteiger partial charge in [0.1, 0.15) is 11.2 Å². The van der Waals surface area contributed by atoms with E-state index in [0.717, 1.165) is 45.3 Å². The van der Waals surface area contributed by atoms with Gasteiger partial charge in [-0.3, -0.25) is 4.90 Å². The molecule has 2 saturated heterocycles. The van der Waals surface area contributed by atoms with Crippen LogP contribution in [0.5, 0.6) is 0 Å². The van der Waals surface area contributed by atoms with Crippen LogP contribution in [0.25, 0.3) is 22.2 Å². The Balaban J connectivity index is 1.41. The van der Waals surface area contributed by atoms with Crippen molar-refractivity contribution in [1.82, 2.24) is 24.7 Å². The molecule has 0 saturated carbocycles. The Labute approximate surface area is 246 Å². The third kappa shape index (κ3) is 5.57. The number of H-pyrrole nitrogens is 1. The Morgan fingerprint density at radius 2 is 1.79 bits per heavy atom. The Bertz CT molecular complexity index is 1490. The minimum Gasteiger partial charge on any atom is -0.444 e. The van der Waals surface area contributed by atoms with Gasteiger partial charge in [-0.15, -0.1) is 0 Å². The van der Waals surface area contributed by atoms with Crippen molar-refractivity contribution in [3.05, 3.63) is 52.8 Å². The van der Waals surface area contributed by atoms with Crippen molar-refractivity contribution in [3.63, 3.8) is 0 Å². The van der Waals surface area contributed by atoms with E-state index in [9.17, 15) is 9.59 Å². The van der Waals surface area contributed by atoms with Crippen LogP contribution in [-0.2, 0) is 27.2 Å². The summed E-state index contributed by atoms with van der Waals surface area (Å²) in [5.41, 5.74) is 6.68. The smallest absolute Gasteiger partial charge is 0.410 e. The first-order valence-electron chi connectivity index (χ1n) is 14.9. The van der Waals surface area contributed by atoms with Gasteiger partial charge in [0.15, 0.2) is 0 Å². The molecule has 0 unspecified atom stereocenters. The Morgan fingerprint density at radius 1 is 1.02 bits per heavy atom. The van der Waals surface area contributed by atoms with Gasteiger partial charge in [-0.25, -0.2) is 14.6 Å². The van der Waals surface area contributed by atoms with Crippen molar-refractivity contribution in [2.75, 3.05) is 46.1 Å². The lowest BCUT2D eigenvalue weighted by atomic mass is 9.87. The van der Waals surface area contributed by atoms with Crippen LogP contribution in [0.1, 0.15) is 56.0 Å². The summed E-state index contributed by atoms with van der Waals surface area (Å²) in [6, 6.07) is 6.28. The first-order valence-corrected chi connectivity index (χ1v) is 14.9. The van der Waals surface area contributed by atoms with Crippen LogP contribution in [0.3, 0.4) is 0 Å². The average Bonchev–Trinajstić information content (AvgIpc) is 3.35. The second-order valence-electron chi connectivity index (χ2n) is 12.6. The number of nitrogens with one attached hydrogen (secondary N) is 1. The lowest BCUT2D eigenvalue weighted by Gasteiger charge is -2.41. The summed E-state index contributed by atoms with van der Waals surface area (Å²) in [6.07, 6.45) is 4.23. The van der Waals surface area contributed by atoms with Gasteiger partial charge in [0.05, 0.1) is 38.5 Å². The number of carbonyl (C=O) groups is 2. The largest absolute Gasteiger partial charge is 0.444 e. The number of rotatable bonds is 2. The number of carbonyl (C=O) groups excluding carboxylic acids is 2. The molecule has 0 bridgehead atoms. The topological polar surface area (TPSA) is 100 Å². The number of morpholine rings is 2. The van der Waals surface area contributed by atoms with Crippen molar-refractivity contribution < 1.29 is 23.8 Å². The SMILES string of the molecule is Cc1c[nH]c2ncc(-c3cc4c(c([C@@H]5COCCN5C(=O)OC(C)(C)C)c3)CN(C(=O)N3CCOC[C@@H]3C)CC4)cc12. The molecule has 3 aliphatic rings. The van der Waals surface area contributed by atoms with E-state index in [1.165, 1.54) is 5.56 Å². The number of pyridine rings is 1. The zero-order valence-electron chi connectivity index (χ0n) is 25.2. The molecule has 1 N–H and O–H groups in total. The number of hydrogen-bond acceptors (Lipinski definition) is 6. The van der Waals surface area contributed by atoms with Gasteiger partial charge in [-0.2, -0.15) is 0 Å². The molecule has 0 spiro atoms. The molecule has 3 aliphatic heterocycles. The molecule has 6 rings (SSSR count). The summed E-state index contributed by atoms with van der Waals surface area (Å²) in [4.78, 5) is 40.7. The zero-order valence-corrected chi connectivity index (χ0v) is 25.2. The molecule has 2 fully saturated rings. The Hall–Kier alpha value is -3.63. The van der Waals surface area contributed by atoms with E-state index in [1.807, 2.05) is 49.9 Å². The Kier molecular flexibility index (Phi) is 7.61. The lowest BCUT2D eigenvalue weighted by Crippen LogP contribution is -2.53. The van der Waals surface area contributed by atoms with Gasteiger partial charge in [0, 0.05) is 49.5 Å². The number of amides is 3. The van der Waals surface area contributed by atoms with Gasteiger partial charge in [-0.1, -0.05) is 6.07 Å². The molecular formula is C32H41N5O5. The summed E-state index contributed by atoms with van der Waals surface area (Å²) in [6.45, 7) is 13.8. The van der Waals surface area contributed by atoms with Crippen molar-refractivity contribution in [2.24, 2.45) is 0 Å². The minimum atomic E-state index is -0.616. The van der Waals surface area contributed by atoms with Crippen LogP contribution in [-0.4, -0.2) is 94.5 Å². The molecule has 0 radical (unpaired) electrons. The number of aryl methyl sites for hydroxylation is 1. The second-order valence-corrected chi connectivity index (χ2v) is 12.6. The number of hydrogen-bond donors (Lipinski definition) is 1. The van der Waals surface area contributed by atoms with Crippen LogP contribution in [0.4, 0.5) is 9.59 Å². The fraction of sp³-hybridized carbons (Fsp3) is 0.531. The van der Waals surface area contributed by atoms with Crippen LogP contribution in [0.2, 0.25) is 0 Å². The highest BCUT2D eigenvalue weighted by Gasteiger charge is 2.37. The molecule has 10 nitrogen and oxygen atoms in total. The molecule has 3 amide bonds. The number of aromatic amines is 1. The van der Waals surface area contributed by atoms with Crippen LogP contribution in [0, 0.1) is 6.92 Å². The fourth-order valence-electron chi connectivity index (χ4n) is 6.21. The van der Waals surface area contributed by atoms with E-state index >= 15 is 0 Å². The molecule has 5 heterocycles. The molecule has 2 atom stereocenters. The zero-order chi connectivity index (χ0) is 29.6. The fourth-order valence-corrected chi connectivity index (χ4v) is 6.21. The number of fused-ring (bicyclic) bond motifs is 2. The standard InChI is InChI=1S/C32H41N5O5/c1-20-15-33-29-25(20)14-24(16-34-29)23-12-22-6-7-35(30(38)36-8-10-40-18-21(36)2)17-27(22)26(13-23)28-19-41-11-9-37(28)31(39)42-32(3,4)5/h12-16,21,28H,6-11,17-19H2,1-5H3,(H,33,34)/t21-,28-/m0/s1. The first kappa shape index (κ1) is 28.5. The number of benzene rings is 1. The third-order valence-corrected chi connectivity index (χ3v) is 8.45. The van der Waals surface area contributed by atoms with E-state index in [0.29, 0.717) is 52.6 Å². The highest BCUT2D eigenvalue weighted by Crippen LogP contribution is 2.37. The summed E-state index contributed by atoms with van der Waals surface area (Å²) in [5.74, 6) is 0. The molecule has 10 heteroatoms. The van der Waals surface area contributed by atoms with E-state index in [-0.39, 0.29) is 24.2 Å². The van der Waals surface area contributed by atoms with Gasteiger partial charge in [0.2, 0.25) is 0 Å². The van der Waals surface area contributed by atoms with E-state index in [4.69, 9.17) is 14.2 Å². The summed E-state index contributed by atoms with van der Waals surface area (Å²) in [7, 11) is 0. The highest BCUT2D eigenvalue weighted by molar-refractivity contribution is 5.85. The van der Waals surface area contributed by atoms with Crippen molar-refractivity contribution in [3.8, 4) is 11.1 Å².